The van der Waals surface area contributed by atoms with E-state index in [1.165, 1.54) is 0 Å². The number of amides is 1. The molecule has 1 unspecified atom stereocenters. The molecule has 0 spiro atoms. The molecule has 3 rings (SSSR count). The van der Waals surface area contributed by atoms with E-state index < -0.39 is 0 Å². The summed E-state index contributed by atoms with van der Waals surface area (Å²) in [7, 11) is 2.13. The minimum absolute atomic E-state index is 0. The number of pyridine rings is 1. The number of nitrogens with two attached hydrogens (primary N) is 1. The zero-order chi connectivity index (χ0) is 18.4. The molecular formula is C20H30Cl3N5O. The minimum Gasteiger partial charge on any atom is -0.354 e. The van der Waals surface area contributed by atoms with Crippen molar-refractivity contribution < 1.29 is 4.79 Å². The first-order valence-electron chi connectivity index (χ1n) is 9.08. The number of halogens is 3. The van der Waals surface area contributed by atoms with Gasteiger partial charge in [-0.3, -0.25) is 4.79 Å². The fourth-order valence-corrected chi connectivity index (χ4v) is 3.16. The predicted molar refractivity (Wildman–Crippen MR) is 126 cm³/mol. The van der Waals surface area contributed by atoms with Crippen molar-refractivity contribution >= 4 is 48.9 Å². The average molecular weight is 463 g/mol. The molecule has 0 aliphatic carbocycles. The lowest BCUT2D eigenvalue weighted by atomic mass is 10.0. The number of rotatable bonds is 6. The number of carbonyl (C=O) groups is 1. The van der Waals surface area contributed by atoms with Crippen molar-refractivity contribution in [3.8, 4) is 0 Å². The summed E-state index contributed by atoms with van der Waals surface area (Å²) >= 11 is 0. The third-order valence-electron chi connectivity index (χ3n) is 4.78. The van der Waals surface area contributed by atoms with Gasteiger partial charge in [0.15, 0.2) is 0 Å². The zero-order valence-electron chi connectivity index (χ0n) is 16.5. The normalized spacial score (nSPS) is 14.6. The SMILES string of the molecule is CN1CCN(c2ncccc2CNC(=O)CC(N)c2ccccc2)CC1.Cl.Cl.Cl. The Balaban J connectivity index is 0.00000261. The van der Waals surface area contributed by atoms with Crippen LogP contribution < -0.4 is 16.0 Å². The van der Waals surface area contributed by atoms with E-state index >= 15 is 0 Å². The second kappa shape index (κ2) is 13.6. The topological polar surface area (TPSA) is 74.5 Å². The monoisotopic (exact) mass is 461 g/mol. The van der Waals surface area contributed by atoms with Crippen LogP contribution in [0.2, 0.25) is 0 Å². The second-order valence-corrected chi connectivity index (χ2v) is 6.77. The van der Waals surface area contributed by atoms with Crippen LogP contribution in [-0.2, 0) is 11.3 Å². The Hall–Kier alpha value is -1.57. The van der Waals surface area contributed by atoms with Crippen LogP contribution in [0.4, 0.5) is 5.82 Å². The summed E-state index contributed by atoms with van der Waals surface area (Å²) in [6.45, 7) is 4.42. The minimum atomic E-state index is -0.290. The van der Waals surface area contributed by atoms with Crippen molar-refractivity contribution in [1.82, 2.24) is 15.2 Å². The zero-order valence-corrected chi connectivity index (χ0v) is 18.9. The van der Waals surface area contributed by atoms with E-state index in [2.05, 4.69) is 27.1 Å². The lowest BCUT2D eigenvalue weighted by Crippen LogP contribution is -2.45. The number of benzene rings is 1. The van der Waals surface area contributed by atoms with Crippen molar-refractivity contribution in [1.29, 1.82) is 0 Å². The van der Waals surface area contributed by atoms with Crippen LogP contribution in [0.3, 0.4) is 0 Å². The van der Waals surface area contributed by atoms with E-state index in [0.29, 0.717) is 6.54 Å². The highest BCUT2D eigenvalue weighted by atomic mass is 35.5. The summed E-state index contributed by atoms with van der Waals surface area (Å²) in [5.74, 6) is 0.919. The quantitative estimate of drug-likeness (QED) is 0.690. The van der Waals surface area contributed by atoms with Gasteiger partial charge in [0.05, 0.1) is 0 Å². The molecule has 0 radical (unpaired) electrons. The number of carbonyl (C=O) groups excluding carboxylic acids is 1. The summed E-state index contributed by atoms with van der Waals surface area (Å²) in [6, 6.07) is 13.4. The fraction of sp³-hybridized carbons (Fsp3) is 0.400. The van der Waals surface area contributed by atoms with E-state index in [9.17, 15) is 4.79 Å². The van der Waals surface area contributed by atoms with Gasteiger partial charge >= 0.3 is 0 Å². The highest BCUT2D eigenvalue weighted by Gasteiger charge is 2.18. The largest absolute Gasteiger partial charge is 0.354 e. The van der Waals surface area contributed by atoms with Gasteiger partial charge in [-0.1, -0.05) is 36.4 Å². The van der Waals surface area contributed by atoms with Gasteiger partial charge < -0.3 is 20.9 Å². The van der Waals surface area contributed by atoms with Gasteiger partial charge in [-0.25, -0.2) is 4.98 Å². The lowest BCUT2D eigenvalue weighted by Gasteiger charge is -2.34. The summed E-state index contributed by atoms with van der Waals surface area (Å²) in [6.07, 6.45) is 2.08. The molecule has 1 fully saturated rings. The Morgan fingerprint density at radius 3 is 2.38 bits per heavy atom. The van der Waals surface area contributed by atoms with Crippen LogP contribution in [0.25, 0.3) is 0 Å². The average Bonchev–Trinajstić information content (AvgIpc) is 2.68. The lowest BCUT2D eigenvalue weighted by molar-refractivity contribution is -0.121. The molecule has 29 heavy (non-hydrogen) atoms. The summed E-state index contributed by atoms with van der Waals surface area (Å²) in [5, 5.41) is 2.99. The maximum Gasteiger partial charge on any atom is 0.222 e. The Morgan fingerprint density at radius 2 is 1.72 bits per heavy atom. The van der Waals surface area contributed by atoms with Gasteiger partial charge in [0.1, 0.15) is 5.82 Å². The number of anilines is 1. The maximum atomic E-state index is 12.3. The van der Waals surface area contributed by atoms with E-state index in [1.54, 1.807) is 0 Å². The predicted octanol–water partition coefficient (Wildman–Crippen LogP) is 2.81. The van der Waals surface area contributed by atoms with Gasteiger partial charge in [-0.15, -0.1) is 37.2 Å². The number of likely N-dealkylation sites (N-methyl/N-ethyl adjacent to an activating group) is 1. The summed E-state index contributed by atoms with van der Waals surface area (Å²) in [5.41, 5.74) is 8.15. The first kappa shape index (κ1) is 27.4. The van der Waals surface area contributed by atoms with Gasteiger partial charge in [0, 0.05) is 56.9 Å². The first-order chi connectivity index (χ1) is 12.6. The third-order valence-corrected chi connectivity index (χ3v) is 4.78. The number of aromatic nitrogens is 1. The molecule has 9 heteroatoms. The first-order valence-corrected chi connectivity index (χ1v) is 9.08. The molecule has 162 valence electrons. The molecule has 1 amide bonds. The van der Waals surface area contributed by atoms with E-state index in [1.807, 2.05) is 48.7 Å². The number of hydrogen-bond acceptors (Lipinski definition) is 5. The van der Waals surface area contributed by atoms with Crippen LogP contribution >= 0.6 is 37.2 Å². The van der Waals surface area contributed by atoms with Gasteiger partial charge in [-0.2, -0.15) is 0 Å². The van der Waals surface area contributed by atoms with Crippen molar-refractivity contribution in [2.45, 2.75) is 19.0 Å². The van der Waals surface area contributed by atoms with Crippen LogP contribution in [0.15, 0.2) is 48.7 Å². The third kappa shape index (κ3) is 7.99. The molecule has 1 aromatic heterocycles. The molecule has 0 saturated carbocycles. The number of hydrogen-bond donors (Lipinski definition) is 2. The van der Waals surface area contributed by atoms with Crippen molar-refractivity contribution in [3.05, 3.63) is 59.8 Å². The van der Waals surface area contributed by atoms with Crippen molar-refractivity contribution in [2.75, 3.05) is 38.1 Å². The van der Waals surface area contributed by atoms with E-state index in [0.717, 1.165) is 43.1 Å². The Labute approximate surface area is 191 Å². The molecule has 0 bridgehead atoms. The number of piperazine rings is 1. The molecule has 2 aromatic rings. The van der Waals surface area contributed by atoms with Crippen LogP contribution in [0.5, 0.6) is 0 Å². The highest BCUT2D eigenvalue weighted by Crippen LogP contribution is 2.19. The Bertz CT molecular complexity index is 727. The Morgan fingerprint density at radius 1 is 1.07 bits per heavy atom. The molecule has 2 heterocycles. The molecule has 1 atom stereocenters. The van der Waals surface area contributed by atoms with Gasteiger partial charge in [0.2, 0.25) is 5.91 Å². The molecule has 1 saturated heterocycles. The highest BCUT2D eigenvalue weighted by molar-refractivity contribution is 5.86. The second-order valence-electron chi connectivity index (χ2n) is 6.77. The van der Waals surface area contributed by atoms with Crippen molar-refractivity contribution in [2.24, 2.45) is 5.73 Å². The van der Waals surface area contributed by atoms with E-state index in [4.69, 9.17) is 5.73 Å². The summed E-state index contributed by atoms with van der Waals surface area (Å²) < 4.78 is 0. The molecular weight excluding hydrogens is 433 g/mol. The Kier molecular flexibility index (Phi) is 12.9. The smallest absolute Gasteiger partial charge is 0.222 e. The van der Waals surface area contributed by atoms with Gasteiger partial charge in [0.25, 0.3) is 0 Å². The molecule has 1 aliphatic rings. The molecule has 1 aliphatic heterocycles. The van der Waals surface area contributed by atoms with Crippen LogP contribution in [-0.4, -0.2) is 49.0 Å². The molecule has 1 aromatic carbocycles. The van der Waals surface area contributed by atoms with E-state index in [-0.39, 0.29) is 55.6 Å². The van der Waals surface area contributed by atoms with Crippen LogP contribution in [0, 0.1) is 0 Å². The molecule has 3 N–H and O–H groups in total. The maximum absolute atomic E-state index is 12.3. The standard InChI is InChI=1S/C20H27N5O.3ClH/c1-24-10-12-25(13-11-24)20-17(8-5-9-22-20)15-23-19(26)14-18(21)16-6-3-2-4-7-16;;;/h2-9,18H,10-15,21H2,1H3,(H,23,26);3*1H. The van der Waals surface area contributed by atoms with Crippen LogP contribution in [0.1, 0.15) is 23.6 Å². The summed E-state index contributed by atoms with van der Waals surface area (Å²) in [4.78, 5) is 21.4. The molecule has 6 nitrogen and oxygen atoms in total. The number of nitrogens with one attached hydrogen (secondary N) is 1. The number of nitrogens with zero attached hydrogens (tertiary/aromatic N) is 3. The van der Waals surface area contributed by atoms with Crippen molar-refractivity contribution in [3.63, 3.8) is 0 Å². The van der Waals surface area contributed by atoms with Gasteiger partial charge in [-0.05, 0) is 18.7 Å². The fourth-order valence-electron chi connectivity index (χ4n) is 3.16.